The molecule has 1 aromatic carbocycles. The van der Waals surface area contributed by atoms with Crippen molar-refractivity contribution in [1.29, 1.82) is 0 Å². The zero-order valence-corrected chi connectivity index (χ0v) is 16.3. The Balaban J connectivity index is 2.00. The van der Waals surface area contributed by atoms with Crippen LogP contribution in [0.4, 0.5) is 0 Å². The summed E-state index contributed by atoms with van der Waals surface area (Å²) >= 11 is 7.42. The van der Waals surface area contributed by atoms with Crippen LogP contribution in [0.2, 0.25) is 5.02 Å². The van der Waals surface area contributed by atoms with Gasteiger partial charge in [0.05, 0.1) is 12.1 Å². The van der Waals surface area contributed by atoms with E-state index in [9.17, 15) is 14.4 Å². The molecule has 0 spiro atoms. The standard InChI is InChI=1S/C18H20ClNO5S/c1-4-10(2)15(17(22)24-3)20-13(21)9-25-18(23)16-14(19)11-7-5-6-8-12(11)26-16/h5-8,10,15H,4,9H2,1-3H3,(H,20,21)/t10-,15-/m1/s1. The molecule has 6 nitrogen and oxygen atoms in total. The van der Waals surface area contributed by atoms with E-state index in [2.05, 4.69) is 5.32 Å². The van der Waals surface area contributed by atoms with Gasteiger partial charge in [-0.3, -0.25) is 4.79 Å². The Morgan fingerprint density at radius 2 is 1.96 bits per heavy atom. The molecule has 2 aromatic rings. The minimum atomic E-state index is -0.788. The van der Waals surface area contributed by atoms with Crippen molar-refractivity contribution in [2.45, 2.75) is 26.3 Å². The van der Waals surface area contributed by atoms with Gasteiger partial charge in [0.1, 0.15) is 10.9 Å². The van der Waals surface area contributed by atoms with Gasteiger partial charge in [-0.2, -0.15) is 0 Å². The van der Waals surface area contributed by atoms with E-state index < -0.39 is 30.5 Å². The summed E-state index contributed by atoms with van der Waals surface area (Å²) in [5, 5.41) is 3.62. The minimum Gasteiger partial charge on any atom is -0.467 e. The first-order chi connectivity index (χ1) is 12.4. The number of methoxy groups -OCH3 is 1. The average molecular weight is 398 g/mol. The molecule has 0 bridgehead atoms. The van der Waals surface area contributed by atoms with Crippen LogP contribution < -0.4 is 5.32 Å². The van der Waals surface area contributed by atoms with Gasteiger partial charge in [0.2, 0.25) is 0 Å². The Hall–Kier alpha value is -2.12. The third kappa shape index (κ3) is 4.53. The van der Waals surface area contributed by atoms with Gasteiger partial charge in [-0.05, 0) is 12.0 Å². The highest BCUT2D eigenvalue weighted by molar-refractivity contribution is 7.21. The van der Waals surface area contributed by atoms with E-state index in [4.69, 9.17) is 21.1 Å². The summed E-state index contributed by atoms with van der Waals surface area (Å²) in [6.07, 6.45) is 0.678. The van der Waals surface area contributed by atoms with Crippen molar-refractivity contribution in [3.05, 3.63) is 34.2 Å². The maximum atomic E-state index is 12.2. The van der Waals surface area contributed by atoms with Gasteiger partial charge in [-0.15, -0.1) is 11.3 Å². The molecule has 1 aromatic heterocycles. The predicted octanol–water partition coefficient (Wildman–Crippen LogP) is 3.42. The van der Waals surface area contributed by atoms with E-state index in [1.165, 1.54) is 18.4 Å². The number of hydrogen-bond donors (Lipinski definition) is 1. The summed E-state index contributed by atoms with van der Waals surface area (Å²) in [6.45, 7) is 3.22. The molecule has 1 amide bonds. The Morgan fingerprint density at radius 3 is 2.58 bits per heavy atom. The van der Waals surface area contributed by atoms with Crippen LogP contribution in [0.5, 0.6) is 0 Å². The number of ether oxygens (including phenoxy) is 2. The van der Waals surface area contributed by atoms with Crippen LogP contribution in [-0.4, -0.2) is 37.6 Å². The topological polar surface area (TPSA) is 81.7 Å². The summed E-state index contributed by atoms with van der Waals surface area (Å²) in [7, 11) is 1.26. The van der Waals surface area contributed by atoms with Gasteiger partial charge in [-0.1, -0.05) is 50.1 Å². The molecule has 0 saturated carbocycles. The van der Waals surface area contributed by atoms with Crippen LogP contribution in [0.25, 0.3) is 10.1 Å². The van der Waals surface area contributed by atoms with Crippen LogP contribution in [0.3, 0.4) is 0 Å². The summed E-state index contributed by atoms with van der Waals surface area (Å²) in [5.74, 6) is -1.90. The predicted molar refractivity (Wildman–Crippen MR) is 101 cm³/mol. The largest absolute Gasteiger partial charge is 0.467 e. The van der Waals surface area contributed by atoms with Gasteiger partial charge in [0.15, 0.2) is 6.61 Å². The summed E-state index contributed by atoms with van der Waals surface area (Å²) < 4.78 is 10.6. The monoisotopic (exact) mass is 397 g/mol. The highest BCUT2D eigenvalue weighted by Gasteiger charge is 2.27. The second kappa shape index (κ2) is 9.00. The number of carbonyl (C=O) groups excluding carboxylic acids is 3. The van der Waals surface area contributed by atoms with E-state index in [0.29, 0.717) is 11.4 Å². The summed E-state index contributed by atoms with van der Waals surface area (Å²) in [5.41, 5.74) is 0. The first-order valence-electron chi connectivity index (χ1n) is 8.10. The number of benzene rings is 1. The van der Waals surface area contributed by atoms with Gasteiger partial charge in [0.25, 0.3) is 5.91 Å². The highest BCUT2D eigenvalue weighted by Crippen LogP contribution is 2.35. The number of fused-ring (bicyclic) bond motifs is 1. The van der Waals surface area contributed by atoms with Gasteiger partial charge in [0, 0.05) is 10.1 Å². The van der Waals surface area contributed by atoms with Crippen molar-refractivity contribution in [1.82, 2.24) is 5.32 Å². The highest BCUT2D eigenvalue weighted by atomic mass is 35.5. The lowest BCUT2D eigenvalue weighted by atomic mass is 9.99. The normalized spacial score (nSPS) is 13.1. The van der Waals surface area contributed by atoms with E-state index in [-0.39, 0.29) is 10.8 Å². The summed E-state index contributed by atoms with van der Waals surface area (Å²) in [6, 6.07) is 6.54. The fourth-order valence-electron chi connectivity index (χ4n) is 2.35. The van der Waals surface area contributed by atoms with Gasteiger partial charge in [-0.25, -0.2) is 9.59 Å². The van der Waals surface area contributed by atoms with E-state index >= 15 is 0 Å². The number of amides is 1. The molecule has 0 saturated heterocycles. The quantitative estimate of drug-likeness (QED) is 0.724. The van der Waals surface area contributed by atoms with Crippen LogP contribution in [0.15, 0.2) is 24.3 Å². The number of nitrogens with one attached hydrogen (secondary N) is 1. The third-order valence-electron chi connectivity index (χ3n) is 4.04. The molecule has 140 valence electrons. The molecule has 8 heteroatoms. The lowest BCUT2D eigenvalue weighted by molar-refractivity contribution is -0.147. The van der Waals surface area contributed by atoms with Crippen molar-refractivity contribution < 1.29 is 23.9 Å². The number of rotatable bonds is 7. The van der Waals surface area contributed by atoms with Crippen molar-refractivity contribution in [2.24, 2.45) is 5.92 Å². The molecule has 2 rings (SSSR count). The molecular weight excluding hydrogens is 378 g/mol. The fourth-order valence-corrected chi connectivity index (χ4v) is 3.76. The maximum Gasteiger partial charge on any atom is 0.350 e. The molecule has 0 aliphatic rings. The Bertz CT molecular complexity index is 819. The molecule has 0 aliphatic carbocycles. The van der Waals surface area contributed by atoms with E-state index in [0.717, 1.165) is 10.1 Å². The Labute approximate surface area is 160 Å². The van der Waals surface area contributed by atoms with Crippen LogP contribution in [-0.2, 0) is 19.1 Å². The number of hydrogen-bond acceptors (Lipinski definition) is 6. The molecule has 1 N–H and O–H groups in total. The minimum absolute atomic E-state index is 0.112. The van der Waals surface area contributed by atoms with Crippen LogP contribution in [0, 0.1) is 5.92 Å². The first-order valence-corrected chi connectivity index (χ1v) is 9.29. The maximum absolute atomic E-state index is 12.2. The average Bonchev–Trinajstić information content (AvgIpc) is 3.00. The molecule has 1 heterocycles. The first kappa shape index (κ1) is 20.2. The van der Waals surface area contributed by atoms with Crippen molar-refractivity contribution in [2.75, 3.05) is 13.7 Å². The third-order valence-corrected chi connectivity index (χ3v) is 5.69. The van der Waals surface area contributed by atoms with Crippen molar-refractivity contribution in [3.8, 4) is 0 Å². The zero-order chi connectivity index (χ0) is 19.3. The van der Waals surface area contributed by atoms with E-state index in [1.54, 1.807) is 0 Å². The molecule has 0 fully saturated rings. The smallest absolute Gasteiger partial charge is 0.350 e. The lowest BCUT2D eigenvalue weighted by Gasteiger charge is -2.21. The van der Waals surface area contributed by atoms with E-state index in [1.807, 2.05) is 38.1 Å². The molecule has 0 unspecified atom stereocenters. The number of carbonyl (C=O) groups is 3. The number of thiophene rings is 1. The fraction of sp³-hybridized carbons (Fsp3) is 0.389. The molecular formula is C18H20ClNO5S. The molecule has 0 aliphatic heterocycles. The van der Waals surface area contributed by atoms with Gasteiger partial charge >= 0.3 is 11.9 Å². The SMILES string of the molecule is CC[C@@H](C)[C@@H](NC(=O)COC(=O)c1sc2ccccc2c1Cl)C(=O)OC. The Kier molecular flexibility index (Phi) is 6.99. The number of halogens is 1. The second-order valence-corrected chi connectivity index (χ2v) is 7.20. The summed E-state index contributed by atoms with van der Waals surface area (Å²) in [4.78, 5) is 36.3. The van der Waals surface area contributed by atoms with Crippen LogP contribution >= 0.6 is 22.9 Å². The second-order valence-electron chi connectivity index (χ2n) is 5.77. The zero-order valence-electron chi connectivity index (χ0n) is 14.7. The molecule has 26 heavy (non-hydrogen) atoms. The van der Waals surface area contributed by atoms with Crippen LogP contribution in [0.1, 0.15) is 29.9 Å². The Morgan fingerprint density at radius 1 is 1.27 bits per heavy atom. The van der Waals surface area contributed by atoms with Crippen molar-refractivity contribution >= 4 is 50.9 Å². The lowest BCUT2D eigenvalue weighted by Crippen LogP contribution is -2.47. The molecule has 2 atom stereocenters. The van der Waals surface area contributed by atoms with Crippen molar-refractivity contribution in [3.63, 3.8) is 0 Å². The molecule has 0 radical (unpaired) electrons. The van der Waals surface area contributed by atoms with Gasteiger partial charge < -0.3 is 14.8 Å². The number of esters is 2.